The van der Waals surface area contributed by atoms with Crippen molar-refractivity contribution in [2.45, 2.75) is 91.9 Å². The maximum atomic E-state index is 7.01. The second kappa shape index (κ2) is 16.6. The largest absolute Gasteiger partial charge is 0.509 e. The standard InChI is InChI=1S/C62H59N4O.Pt/c1-40(2)51-23-17-24-52(41(3)4)60(51)43-20-16-21-47(32-43)65-39-66(65,58-35-45(61(5,6)7)26-29-57(58)65)48-33-44(42-18-12-11-13-19-42)34-50(37-48)67-49-27-28-54-53-22-14-15-25-55(53)64(56(54)38-49)59-36-46(30-31-63-59)62(8,9)10;/h11-36,39-41H,1-10H3;/q-1;/t65-,66?;/m0./s1. The maximum absolute atomic E-state index is 7.01. The van der Waals surface area contributed by atoms with Crippen LogP contribution in [0, 0.1) is 18.8 Å². The van der Waals surface area contributed by atoms with E-state index in [0.717, 1.165) is 44.4 Å². The van der Waals surface area contributed by atoms with E-state index < -0.39 is 0 Å². The minimum absolute atomic E-state index is 0. The van der Waals surface area contributed by atoms with E-state index in [-0.39, 0.29) is 31.9 Å². The van der Waals surface area contributed by atoms with Gasteiger partial charge in [0.25, 0.3) is 0 Å². The average Bonchev–Trinajstić information content (AvgIpc) is 3.81. The number of quaternary nitrogens is 2. The van der Waals surface area contributed by atoms with Crippen LogP contribution in [0.15, 0.2) is 158 Å². The van der Waals surface area contributed by atoms with E-state index >= 15 is 0 Å². The Morgan fingerprint density at radius 1 is 0.559 bits per heavy atom. The third-order valence-electron chi connectivity index (χ3n) is 14.2. The quantitative estimate of drug-likeness (QED) is 0.0818. The van der Waals surface area contributed by atoms with Gasteiger partial charge in [0, 0.05) is 68.5 Å². The third-order valence-corrected chi connectivity index (χ3v) is 14.2. The molecule has 0 radical (unpaired) electrons. The van der Waals surface area contributed by atoms with Gasteiger partial charge < -0.3 is 9.30 Å². The molecule has 2 aromatic heterocycles. The van der Waals surface area contributed by atoms with Crippen molar-refractivity contribution in [2.75, 3.05) is 0 Å². The molecule has 2 atom stereocenters. The summed E-state index contributed by atoms with van der Waals surface area (Å²) in [5, 5.41) is 2.24. The molecule has 1 unspecified atom stereocenters. The summed E-state index contributed by atoms with van der Waals surface area (Å²) in [6, 6.07) is 63.0. The van der Waals surface area contributed by atoms with Gasteiger partial charge in [0.2, 0.25) is 11.4 Å². The summed E-state index contributed by atoms with van der Waals surface area (Å²) in [5.74, 6) is 2.88. The maximum Gasteiger partial charge on any atom is 0.225 e. The Kier molecular flexibility index (Phi) is 11.1. The summed E-state index contributed by atoms with van der Waals surface area (Å²) in [5.41, 5.74) is 16.8. The first-order chi connectivity index (χ1) is 32.1. The van der Waals surface area contributed by atoms with Gasteiger partial charge in [-0.1, -0.05) is 172 Å². The summed E-state index contributed by atoms with van der Waals surface area (Å²) in [6.45, 7) is 25.3. The van der Waals surface area contributed by atoms with E-state index in [4.69, 9.17) is 9.72 Å². The van der Waals surface area contributed by atoms with Gasteiger partial charge >= 0.3 is 0 Å². The number of pyridine rings is 1. The number of rotatable bonds is 9. The predicted molar refractivity (Wildman–Crippen MR) is 279 cm³/mol. The van der Waals surface area contributed by atoms with Crippen LogP contribution in [0.25, 0.3) is 49.9 Å². The van der Waals surface area contributed by atoms with Crippen molar-refractivity contribution in [3.05, 3.63) is 199 Å². The Morgan fingerprint density at radius 2 is 1.24 bits per heavy atom. The monoisotopic (exact) mass is 1070 g/mol. The van der Waals surface area contributed by atoms with Crippen molar-refractivity contribution in [2.24, 2.45) is 0 Å². The molecule has 6 heteroatoms. The van der Waals surface area contributed by atoms with Crippen LogP contribution in [0.1, 0.15) is 103 Å². The number of para-hydroxylation sites is 1. The van der Waals surface area contributed by atoms with Crippen LogP contribution in [0.5, 0.6) is 11.5 Å². The molecule has 0 aliphatic carbocycles. The van der Waals surface area contributed by atoms with E-state index in [1.807, 2.05) is 12.3 Å². The molecule has 4 heterocycles. The van der Waals surface area contributed by atoms with Crippen LogP contribution >= 0.6 is 0 Å². The van der Waals surface area contributed by atoms with Gasteiger partial charge in [0.15, 0.2) is 12.4 Å². The van der Waals surface area contributed by atoms with Crippen LogP contribution in [0.2, 0.25) is 0 Å². The Bertz CT molecular complexity index is 3380. The first kappa shape index (κ1) is 45.7. The molecule has 0 N–H and O–H groups in total. The van der Waals surface area contributed by atoms with E-state index in [0.29, 0.717) is 32.5 Å². The Morgan fingerprint density at radius 3 is 1.96 bits per heavy atom. The number of fused-ring (bicyclic) bond motifs is 7. The fraction of sp³-hybridized carbons (Fsp3) is 0.226. The molecule has 1 saturated heterocycles. The second-order valence-corrected chi connectivity index (χ2v) is 21.3. The molecule has 2 aliphatic rings. The van der Waals surface area contributed by atoms with Crippen LogP contribution in [-0.2, 0) is 31.9 Å². The SMILES string of the molecule is CC(C)c1cccc(C(C)C)c1-c1cccc([N@+]23[CH-][N+]2(c2[c-]c(Oc4[c-]c5c(cc4)c4ccccc4n5-c4cc(C(C)(C)C)ccn4)cc(-c4ccccc4)c2)c2cc(C(C)(C)C)ccc23)c1.[Pt]. The van der Waals surface area contributed by atoms with Crippen LogP contribution in [0.3, 0.4) is 0 Å². The third kappa shape index (κ3) is 7.20. The van der Waals surface area contributed by atoms with Gasteiger partial charge in [-0.3, -0.25) is 0 Å². The molecular weight excluding hydrogens is 1010 g/mol. The number of ether oxygens (including phenoxy) is 1. The Balaban J connectivity index is 0.00000539. The molecule has 2 aliphatic heterocycles. The van der Waals surface area contributed by atoms with E-state index in [1.54, 1.807) is 0 Å². The van der Waals surface area contributed by atoms with E-state index in [9.17, 15) is 0 Å². The van der Waals surface area contributed by atoms with Gasteiger partial charge in [0.05, 0.1) is 5.69 Å². The summed E-state index contributed by atoms with van der Waals surface area (Å²) in [4.78, 5) is 4.92. The number of aromatic nitrogens is 2. The first-order valence-electron chi connectivity index (χ1n) is 23.9. The zero-order valence-corrected chi connectivity index (χ0v) is 43.0. The number of benzene rings is 7. The van der Waals surface area contributed by atoms with E-state index in [1.165, 1.54) is 50.4 Å². The van der Waals surface area contributed by atoms with Crippen LogP contribution < -0.4 is 13.9 Å². The normalized spacial score (nSPS) is 17.5. The van der Waals surface area contributed by atoms with Crippen molar-refractivity contribution in [1.29, 1.82) is 0 Å². The zero-order chi connectivity index (χ0) is 46.6. The first-order valence-corrected chi connectivity index (χ1v) is 23.9. The van der Waals surface area contributed by atoms with Crippen molar-refractivity contribution in [3.63, 3.8) is 0 Å². The van der Waals surface area contributed by atoms with Crippen LogP contribution in [0.4, 0.5) is 22.7 Å². The molecule has 0 amide bonds. The minimum atomic E-state index is -0.0341. The molecular formula is C62H59N4OPt-. The van der Waals surface area contributed by atoms with Gasteiger partial charge in [-0.2, -0.15) is 10.7 Å². The predicted octanol–water partition coefficient (Wildman–Crippen LogP) is 17.1. The molecule has 344 valence electrons. The summed E-state index contributed by atoms with van der Waals surface area (Å²) in [6.07, 6.45) is 1.92. The second-order valence-electron chi connectivity index (χ2n) is 21.3. The summed E-state index contributed by atoms with van der Waals surface area (Å²) < 4.78 is 10.3. The molecule has 1 fully saturated rings. The average molecular weight is 1070 g/mol. The molecule has 11 rings (SSSR count). The molecule has 0 saturated carbocycles. The fourth-order valence-corrected chi connectivity index (χ4v) is 10.6. The minimum Gasteiger partial charge on any atom is -0.509 e. The van der Waals surface area contributed by atoms with E-state index in [2.05, 4.69) is 238 Å². The molecule has 0 spiro atoms. The molecule has 68 heavy (non-hydrogen) atoms. The van der Waals surface area contributed by atoms with Crippen molar-refractivity contribution in [3.8, 4) is 39.6 Å². The molecule has 7 aromatic carbocycles. The van der Waals surface area contributed by atoms with Crippen molar-refractivity contribution < 1.29 is 25.8 Å². The van der Waals surface area contributed by atoms with Gasteiger partial charge in [0.1, 0.15) is 5.82 Å². The fourth-order valence-electron chi connectivity index (χ4n) is 10.6. The Labute approximate surface area is 417 Å². The van der Waals surface area contributed by atoms with Gasteiger partial charge in [-0.05, 0) is 85.2 Å². The Hall–Kier alpha value is -6.10. The van der Waals surface area contributed by atoms with Crippen LogP contribution in [-0.4, -0.2) is 9.55 Å². The topological polar surface area (TPSA) is 27.1 Å². The number of nitrogens with zero attached hydrogens (tertiary/aromatic N) is 4. The van der Waals surface area contributed by atoms with Crippen molar-refractivity contribution in [1.82, 2.24) is 18.7 Å². The molecule has 9 aromatic rings. The summed E-state index contributed by atoms with van der Waals surface area (Å²) in [7, 11) is 0. The smallest absolute Gasteiger partial charge is 0.225 e. The number of hydrogen-bond acceptors (Lipinski definition) is 2. The molecule has 0 bridgehead atoms. The van der Waals surface area contributed by atoms with Crippen molar-refractivity contribution >= 4 is 44.6 Å². The van der Waals surface area contributed by atoms with Gasteiger partial charge in [-0.15, -0.1) is 29.1 Å². The molecule has 5 nitrogen and oxygen atoms in total. The summed E-state index contributed by atoms with van der Waals surface area (Å²) >= 11 is 0. The number of hydrogen-bond donors (Lipinski definition) is 0. The zero-order valence-electron chi connectivity index (χ0n) is 40.8. The van der Waals surface area contributed by atoms with Gasteiger partial charge in [-0.25, -0.2) is 9.58 Å².